The minimum atomic E-state index is -0.967. The first-order valence-corrected chi connectivity index (χ1v) is 6.21. The number of carbonyl (C=O) groups excluding carboxylic acids is 1. The van der Waals surface area contributed by atoms with Gasteiger partial charge in [0, 0.05) is 18.8 Å². The van der Waals surface area contributed by atoms with E-state index in [-0.39, 0.29) is 18.6 Å². The molecule has 0 radical (unpaired) electrons. The maximum Gasteiger partial charge on any atom is 0.329 e. The predicted octanol–water partition coefficient (Wildman–Crippen LogP) is 0.424. The number of aromatic nitrogens is 2. The average molecular weight is 267 g/mol. The summed E-state index contributed by atoms with van der Waals surface area (Å²) in [5.74, 6) is -1.06. The summed E-state index contributed by atoms with van der Waals surface area (Å²) in [6.07, 6.45) is 1.23. The van der Waals surface area contributed by atoms with Crippen LogP contribution in [0.1, 0.15) is 29.0 Å². The number of ether oxygens (including phenoxy) is 1. The summed E-state index contributed by atoms with van der Waals surface area (Å²) in [5.41, 5.74) is 1.27. The lowest BCUT2D eigenvalue weighted by molar-refractivity contribution is -0.145. The number of aromatic amines is 1. The van der Waals surface area contributed by atoms with Crippen LogP contribution in [-0.4, -0.2) is 57.9 Å². The molecule has 1 amide bonds. The van der Waals surface area contributed by atoms with E-state index in [9.17, 15) is 9.59 Å². The van der Waals surface area contributed by atoms with E-state index in [1.165, 1.54) is 0 Å². The standard InChI is InChI=1S/C12H17N3O4/c1-8-6-10(14-13-8)12(18)15-4-2-9(3-5-15)19-7-11(16)17/h6,9H,2-5,7H2,1H3,(H,13,14)(H,16,17). The summed E-state index contributed by atoms with van der Waals surface area (Å²) in [6.45, 7) is 2.69. The Hall–Kier alpha value is -1.89. The number of aryl methyl sites for hydroxylation is 1. The number of likely N-dealkylation sites (tertiary alicyclic amines) is 1. The number of hydrogen-bond acceptors (Lipinski definition) is 4. The number of carboxylic acids is 1. The summed E-state index contributed by atoms with van der Waals surface area (Å²) in [7, 11) is 0. The van der Waals surface area contributed by atoms with Crippen LogP contribution in [0.3, 0.4) is 0 Å². The summed E-state index contributed by atoms with van der Waals surface area (Å²) in [5, 5.41) is 15.2. The Morgan fingerprint density at radius 2 is 2.21 bits per heavy atom. The normalized spacial score (nSPS) is 16.6. The van der Waals surface area contributed by atoms with Crippen LogP contribution in [0.15, 0.2) is 6.07 Å². The number of rotatable bonds is 4. The number of amides is 1. The molecule has 0 bridgehead atoms. The molecule has 2 N–H and O–H groups in total. The van der Waals surface area contributed by atoms with Crippen LogP contribution in [0.5, 0.6) is 0 Å². The molecule has 7 heteroatoms. The molecule has 0 aromatic carbocycles. The van der Waals surface area contributed by atoms with Crippen molar-refractivity contribution in [1.82, 2.24) is 15.1 Å². The van der Waals surface area contributed by atoms with Gasteiger partial charge in [-0.2, -0.15) is 5.10 Å². The van der Waals surface area contributed by atoms with E-state index < -0.39 is 5.97 Å². The molecular formula is C12H17N3O4. The summed E-state index contributed by atoms with van der Waals surface area (Å²) in [6, 6.07) is 1.72. The number of nitrogens with zero attached hydrogens (tertiary/aromatic N) is 2. The van der Waals surface area contributed by atoms with E-state index in [4.69, 9.17) is 9.84 Å². The fourth-order valence-corrected chi connectivity index (χ4v) is 2.10. The van der Waals surface area contributed by atoms with Crippen molar-refractivity contribution in [2.24, 2.45) is 0 Å². The largest absolute Gasteiger partial charge is 0.480 e. The first-order valence-electron chi connectivity index (χ1n) is 6.21. The van der Waals surface area contributed by atoms with Crippen LogP contribution in [0.4, 0.5) is 0 Å². The smallest absolute Gasteiger partial charge is 0.329 e. The van der Waals surface area contributed by atoms with E-state index in [1.54, 1.807) is 11.0 Å². The van der Waals surface area contributed by atoms with Crippen molar-refractivity contribution < 1.29 is 19.4 Å². The van der Waals surface area contributed by atoms with Gasteiger partial charge in [-0.25, -0.2) is 4.79 Å². The molecule has 2 rings (SSSR count). The molecule has 1 aliphatic heterocycles. The molecule has 1 fully saturated rings. The molecule has 1 aromatic heterocycles. The zero-order valence-electron chi connectivity index (χ0n) is 10.8. The fraction of sp³-hybridized carbons (Fsp3) is 0.583. The molecule has 1 aromatic rings. The third kappa shape index (κ3) is 3.54. The quantitative estimate of drug-likeness (QED) is 0.824. The summed E-state index contributed by atoms with van der Waals surface area (Å²) < 4.78 is 5.22. The summed E-state index contributed by atoms with van der Waals surface area (Å²) >= 11 is 0. The lowest BCUT2D eigenvalue weighted by Crippen LogP contribution is -2.41. The average Bonchev–Trinajstić information content (AvgIpc) is 2.83. The molecule has 0 atom stereocenters. The van der Waals surface area contributed by atoms with Crippen molar-refractivity contribution in [3.8, 4) is 0 Å². The van der Waals surface area contributed by atoms with Gasteiger partial charge >= 0.3 is 5.97 Å². The first kappa shape index (κ1) is 13.5. The Labute approximate surface area is 110 Å². The minimum absolute atomic E-state index is 0.0823. The highest BCUT2D eigenvalue weighted by molar-refractivity contribution is 5.92. The first-order chi connectivity index (χ1) is 9.06. The molecule has 19 heavy (non-hydrogen) atoms. The highest BCUT2D eigenvalue weighted by Crippen LogP contribution is 2.15. The molecule has 0 spiro atoms. The monoisotopic (exact) mass is 267 g/mol. The maximum atomic E-state index is 12.1. The lowest BCUT2D eigenvalue weighted by Gasteiger charge is -2.31. The summed E-state index contributed by atoms with van der Waals surface area (Å²) in [4.78, 5) is 24.2. The zero-order chi connectivity index (χ0) is 13.8. The Kier molecular flexibility index (Phi) is 4.16. The molecule has 1 aliphatic rings. The van der Waals surface area contributed by atoms with Gasteiger partial charge in [-0.3, -0.25) is 9.89 Å². The number of nitrogens with one attached hydrogen (secondary N) is 1. The lowest BCUT2D eigenvalue weighted by atomic mass is 10.1. The highest BCUT2D eigenvalue weighted by atomic mass is 16.5. The molecular weight excluding hydrogens is 250 g/mol. The number of H-pyrrole nitrogens is 1. The van der Waals surface area contributed by atoms with Crippen molar-refractivity contribution in [2.45, 2.75) is 25.9 Å². The molecule has 2 heterocycles. The maximum absolute atomic E-state index is 12.1. The molecule has 0 unspecified atom stereocenters. The van der Waals surface area contributed by atoms with Crippen LogP contribution < -0.4 is 0 Å². The molecule has 104 valence electrons. The molecule has 1 saturated heterocycles. The third-order valence-electron chi connectivity index (χ3n) is 3.10. The Bertz CT molecular complexity index is 463. The molecule has 7 nitrogen and oxygen atoms in total. The van der Waals surface area contributed by atoms with E-state index in [0.29, 0.717) is 31.6 Å². The van der Waals surface area contributed by atoms with Gasteiger partial charge < -0.3 is 14.7 Å². The zero-order valence-corrected chi connectivity index (χ0v) is 10.8. The van der Waals surface area contributed by atoms with Gasteiger partial charge in [0.05, 0.1) is 6.10 Å². The second kappa shape index (κ2) is 5.83. The van der Waals surface area contributed by atoms with Gasteiger partial charge in [0.2, 0.25) is 0 Å². The van der Waals surface area contributed by atoms with Gasteiger partial charge in [0.1, 0.15) is 12.3 Å². The van der Waals surface area contributed by atoms with Crippen LogP contribution in [-0.2, 0) is 9.53 Å². The van der Waals surface area contributed by atoms with Gasteiger partial charge in [0.15, 0.2) is 0 Å². The van der Waals surface area contributed by atoms with Gasteiger partial charge in [-0.05, 0) is 25.8 Å². The van der Waals surface area contributed by atoms with Crippen molar-refractivity contribution in [1.29, 1.82) is 0 Å². The van der Waals surface area contributed by atoms with Crippen LogP contribution in [0.25, 0.3) is 0 Å². The van der Waals surface area contributed by atoms with Crippen molar-refractivity contribution in [3.05, 3.63) is 17.5 Å². The van der Waals surface area contributed by atoms with Gasteiger partial charge in [-0.15, -0.1) is 0 Å². The van der Waals surface area contributed by atoms with Crippen molar-refractivity contribution in [3.63, 3.8) is 0 Å². The number of carboxylic acid groups (broad SMARTS) is 1. The highest BCUT2D eigenvalue weighted by Gasteiger charge is 2.25. The van der Waals surface area contributed by atoms with Gasteiger partial charge in [-0.1, -0.05) is 0 Å². The van der Waals surface area contributed by atoms with Crippen molar-refractivity contribution >= 4 is 11.9 Å². The van der Waals surface area contributed by atoms with E-state index in [0.717, 1.165) is 5.69 Å². The third-order valence-corrected chi connectivity index (χ3v) is 3.10. The number of piperidine rings is 1. The van der Waals surface area contributed by atoms with E-state index in [1.807, 2.05) is 6.92 Å². The SMILES string of the molecule is Cc1cc(C(=O)N2CCC(OCC(=O)O)CC2)n[nH]1. The second-order valence-electron chi connectivity index (χ2n) is 4.63. The Morgan fingerprint density at radius 3 is 2.74 bits per heavy atom. The number of hydrogen-bond donors (Lipinski definition) is 2. The number of carbonyl (C=O) groups is 2. The predicted molar refractivity (Wildman–Crippen MR) is 65.8 cm³/mol. The molecule has 0 saturated carbocycles. The number of aliphatic carboxylic acids is 1. The van der Waals surface area contributed by atoms with Crippen LogP contribution in [0, 0.1) is 6.92 Å². The van der Waals surface area contributed by atoms with Crippen LogP contribution in [0.2, 0.25) is 0 Å². The van der Waals surface area contributed by atoms with Crippen molar-refractivity contribution in [2.75, 3.05) is 19.7 Å². The van der Waals surface area contributed by atoms with Crippen LogP contribution >= 0.6 is 0 Å². The van der Waals surface area contributed by atoms with E-state index >= 15 is 0 Å². The minimum Gasteiger partial charge on any atom is -0.480 e. The second-order valence-corrected chi connectivity index (χ2v) is 4.63. The molecule has 0 aliphatic carbocycles. The van der Waals surface area contributed by atoms with E-state index in [2.05, 4.69) is 10.2 Å². The topological polar surface area (TPSA) is 95.5 Å². The Balaban J connectivity index is 1.83. The Morgan fingerprint density at radius 1 is 1.53 bits per heavy atom. The fourth-order valence-electron chi connectivity index (χ4n) is 2.10. The van der Waals surface area contributed by atoms with Gasteiger partial charge in [0.25, 0.3) is 5.91 Å².